The molecule has 0 radical (unpaired) electrons. The minimum absolute atomic E-state index is 0.191. The number of aromatic hydroxyl groups is 1. The van der Waals surface area contributed by atoms with Crippen LogP contribution in [0.3, 0.4) is 0 Å². The van der Waals surface area contributed by atoms with Crippen LogP contribution >= 0.6 is 11.8 Å². The predicted molar refractivity (Wildman–Crippen MR) is 65.5 cm³/mol. The number of thioether (sulfide) groups is 1. The molecular weight excluding hydrogens is 261 g/mol. The zero-order valence-electron chi connectivity index (χ0n) is 9.11. The molecule has 0 saturated carbocycles. The second-order valence-corrected chi connectivity index (χ2v) is 4.70. The summed E-state index contributed by atoms with van der Waals surface area (Å²) in [5, 5.41) is 9.42. The summed E-state index contributed by atoms with van der Waals surface area (Å²) in [6, 6.07) is 13.2. The lowest BCUT2D eigenvalue weighted by atomic mass is 10.1. The van der Waals surface area contributed by atoms with Crippen molar-refractivity contribution in [1.29, 1.82) is 0 Å². The van der Waals surface area contributed by atoms with Crippen LogP contribution in [0.4, 0.5) is 13.2 Å². The monoisotopic (exact) mass is 270 g/mol. The molecule has 1 nitrogen and oxygen atoms in total. The van der Waals surface area contributed by atoms with Crippen molar-refractivity contribution in [3.05, 3.63) is 48.5 Å². The SMILES string of the molecule is Oc1ccc(-c2ccccc2)cc1SC(F)(F)F. The van der Waals surface area contributed by atoms with Crippen LogP contribution in [-0.2, 0) is 0 Å². The van der Waals surface area contributed by atoms with Gasteiger partial charge in [-0.3, -0.25) is 0 Å². The van der Waals surface area contributed by atoms with E-state index in [-0.39, 0.29) is 22.4 Å². The van der Waals surface area contributed by atoms with Gasteiger partial charge in [0.25, 0.3) is 0 Å². The van der Waals surface area contributed by atoms with Crippen LogP contribution in [-0.4, -0.2) is 10.6 Å². The summed E-state index contributed by atoms with van der Waals surface area (Å²) in [7, 11) is 0. The molecule has 2 aromatic carbocycles. The Labute approximate surface area is 106 Å². The largest absolute Gasteiger partial charge is 0.507 e. The molecular formula is C13H9F3OS. The van der Waals surface area contributed by atoms with Crippen molar-refractivity contribution < 1.29 is 18.3 Å². The smallest absolute Gasteiger partial charge is 0.446 e. The second-order valence-electron chi connectivity index (χ2n) is 3.60. The lowest BCUT2D eigenvalue weighted by Crippen LogP contribution is -1.99. The average Bonchev–Trinajstić information content (AvgIpc) is 2.31. The molecule has 0 aliphatic rings. The van der Waals surface area contributed by atoms with E-state index in [2.05, 4.69) is 0 Å². The van der Waals surface area contributed by atoms with Gasteiger partial charge in [0.1, 0.15) is 5.75 Å². The normalized spacial score (nSPS) is 11.5. The summed E-state index contributed by atoms with van der Waals surface area (Å²) in [6.45, 7) is 0. The lowest BCUT2D eigenvalue weighted by Gasteiger charge is -2.09. The summed E-state index contributed by atoms with van der Waals surface area (Å²) >= 11 is -0.314. The molecule has 0 bridgehead atoms. The number of phenolic OH excluding ortho intramolecular Hbond substituents is 1. The van der Waals surface area contributed by atoms with Gasteiger partial charge in [-0.2, -0.15) is 13.2 Å². The van der Waals surface area contributed by atoms with E-state index < -0.39 is 5.51 Å². The van der Waals surface area contributed by atoms with Crippen LogP contribution in [0.5, 0.6) is 5.75 Å². The molecule has 0 atom stereocenters. The van der Waals surface area contributed by atoms with E-state index in [1.54, 1.807) is 30.3 Å². The van der Waals surface area contributed by atoms with E-state index in [0.717, 1.165) is 5.56 Å². The molecule has 1 N–H and O–H groups in total. The third kappa shape index (κ3) is 3.20. The van der Waals surface area contributed by atoms with Gasteiger partial charge in [0, 0.05) is 0 Å². The Morgan fingerprint density at radius 2 is 1.56 bits per heavy atom. The van der Waals surface area contributed by atoms with Gasteiger partial charge < -0.3 is 5.11 Å². The maximum atomic E-state index is 12.3. The lowest BCUT2D eigenvalue weighted by molar-refractivity contribution is -0.0328. The number of halogens is 3. The van der Waals surface area contributed by atoms with Crippen molar-refractivity contribution in [3.63, 3.8) is 0 Å². The summed E-state index contributed by atoms with van der Waals surface area (Å²) in [4.78, 5) is -0.191. The first-order valence-electron chi connectivity index (χ1n) is 5.10. The van der Waals surface area contributed by atoms with Gasteiger partial charge in [-0.1, -0.05) is 36.4 Å². The molecule has 0 aliphatic heterocycles. The first-order chi connectivity index (χ1) is 8.46. The highest BCUT2D eigenvalue weighted by atomic mass is 32.2. The highest BCUT2D eigenvalue weighted by molar-refractivity contribution is 8.00. The molecule has 18 heavy (non-hydrogen) atoms. The number of rotatable bonds is 2. The van der Waals surface area contributed by atoms with Crippen LogP contribution in [0.15, 0.2) is 53.4 Å². The van der Waals surface area contributed by atoms with E-state index in [1.807, 2.05) is 6.07 Å². The molecule has 0 saturated heterocycles. The molecule has 0 fully saturated rings. The first kappa shape index (κ1) is 12.8. The average molecular weight is 270 g/mol. The molecule has 94 valence electrons. The molecule has 0 aliphatic carbocycles. The minimum Gasteiger partial charge on any atom is -0.507 e. The van der Waals surface area contributed by atoms with Crippen LogP contribution in [0, 0.1) is 0 Å². The highest BCUT2D eigenvalue weighted by Crippen LogP contribution is 2.42. The standard InChI is InChI=1S/C13H9F3OS/c14-13(15,16)18-12-8-10(6-7-11(12)17)9-4-2-1-3-5-9/h1-8,17H. The fraction of sp³-hybridized carbons (Fsp3) is 0.0769. The Morgan fingerprint density at radius 3 is 2.17 bits per heavy atom. The number of phenols is 1. The maximum Gasteiger partial charge on any atom is 0.446 e. The van der Waals surface area contributed by atoms with Crippen molar-refractivity contribution in [2.24, 2.45) is 0 Å². The van der Waals surface area contributed by atoms with E-state index in [9.17, 15) is 18.3 Å². The molecule has 0 spiro atoms. The number of hydrogen-bond donors (Lipinski definition) is 1. The van der Waals surface area contributed by atoms with Gasteiger partial charge in [-0.15, -0.1) is 0 Å². The van der Waals surface area contributed by atoms with Gasteiger partial charge in [0.2, 0.25) is 0 Å². The Hall–Kier alpha value is -1.62. The van der Waals surface area contributed by atoms with Crippen LogP contribution in [0.25, 0.3) is 11.1 Å². The minimum atomic E-state index is -4.41. The molecule has 0 amide bonds. The van der Waals surface area contributed by atoms with Crippen molar-refractivity contribution in [2.45, 2.75) is 10.4 Å². The van der Waals surface area contributed by atoms with Crippen molar-refractivity contribution in [3.8, 4) is 16.9 Å². The van der Waals surface area contributed by atoms with Crippen LogP contribution < -0.4 is 0 Å². The topological polar surface area (TPSA) is 20.2 Å². The van der Waals surface area contributed by atoms with Gasteiger partial charge in [-0.25, -0.2) is 0 Å². The van der Waals surface area contributed by atoms with Gasteiger partial charge in [-0.05, 0) is 35.0 Å². The fourth-order valence-corrected chi connectivity index (χ4v) is 2.14. The summed E-state index contributed by atoms with van der Waals surface area (Å²) in [5.74, 6) is -0.364. The number of benzene rings is 2. The highest BCUT2D eigenvalue weighted by Gasteiger charge is 2.30. The Balaban J connectivity index is 2.38. The second kappa shape index (κ2) is 4.94. The molecule has 2 aromatic rings. The van der Waals surface area contributed by atoms with E-state index >= 15 is 0 Å². The molecule has 0 unspecified atom stereocenters. The fourth-order valence-electron chi connectivity index (χ4n) is 1.53. The number of alkyl halides is 3. The molecule has 0 heterocycles. The van der Waals surface area contributed by atoms with Crippen molar-refractivity contribution in [1.82, 2.24) is 0 Å². The zero-order valence-corrected chi connectivity index (χ0v) is 9.92. The first-order valence-corrected chi connectivity index (χ1v) is 5.91. The summed E-state index contributed by atoms with van der Waals surface area (Å²) < 4.78 is 36.9. The third-order valence-electron chi connectivity index (χ3n) is 2.29. The van der Waals surface area contributed by atoms with Crippen molar-refractivity contribution >= 4 is 11.8 Å². The van der Waals surface area contributed by atoms with E-state index in [0.29, 0.717) is 5.56 Å². The maximum absolute atomic E-state index is 12.3. The zero-order chi connectivity index (χ0) is 13.2. The Morgan fingerprint density at radius 1 is 0.889 bits per heavy atom. The Bertz CT molecular complexity index is 538. The number of hydrogen-bond acceptors (Lipinski definition) is 2. The van der Waals surface area contributed by atoms with Gasteiger partial charge >= 0.3 is 5.51 Å². The van der Waals surface area contributed by atoms with Crippen LogP contribution in [0.1, 0.15) is 0 Å². The predicted octanol–water partition coefficient (Wildman–Crippen LogP) is 4.67. The Kier molecular flexibility index (Phi) is 3.52. The van der Waals surface area contributed by atoms with Gasteiger partial charge in [0.05, 0.1) is 4.90 Å². The summed E-state index contributed by atoms with van der Waals surface area (Å²) in [6.07, 6.45) is 0. The molecule has 0 aromatic heterocycles. The quantitative estimate of drug-likeness (QED) is 0.800. The third-order valence-corrected chi connectivity index (χ3v) is 3.07. The molecule has 2 rings (SSSR count). The summed E-state index contributed by atoms with van der Waals surface area (Å²) in [5.41, 5.74) is -2.96. The van der Waals surface area contributed by atoms with E-state index in [4.69, 9.17) is 0 Å². The van der Waals surface area contributed by atoms with Crippen molar-refractivity contribution in [2.75, 3.05) is 0 Å². The van der Waals surface area contributed by atoms with Gasteiger partial charge in [0.15, 0.2) is 0 Å². The van der Waals surface area contributed by atoms with Crippen LogP contribution in [0.2, 0.25) is 0 Å². The molecule has 5 heteroatoms. The van der Waals surface area contributed by atoms with E-state index in [1.165, 1.54) is 12.1 Å².